The predicted octanol–water partition coefficient (Wildman–Crippen LogP) is 4.40. The van der Waals surface area contributed by atoms with Crippen LogP contribution >= 0.6 is 37.2 Å². The van der Waals surface area contributed by atoms with Gasteiger partial charge in [0.15, 0.2) is 0 Å². The second-order valence-corrected chi connectivity index (χ2v) is 4.09. The Morgan fingerprint density at radius 2 is 1.92 bits per heavy atom. The van der Waals surface area contributed by atoms with Crippen LogP contribution in [0.3, 0.4) is 0 Å². The molecule has 1 rings (SSSR count). The standard InChI is InChI=1S/C8H11.CH3.3ClH.V/c1-2-5-8-6-3-4-7-8;;;;;/h3,6H,2,4-5H2,1H3;1H3;3*1H;. The number of hydrogen-bond donors (Lipinski definition) is 0. The van der Waals surface area contributed by atoms with Crippen LogP contribution in [0.15, 0.2) is 22.0 Å². The van der Waals surface area contributed by atoms with Gasteiger partial charge in [0.05, 0.1) is 0 Å². The Morgan fingerprint density at radius 3 is 2.38 bits per heavy atom. The van der Waals surface area contributed by atoms with Crippen molar-refractivity contribution < 1.29 is 16.3 Å². The van der Waals surface area contributed by atoms with Gasteiger partial charge in [0.25, 0.3) is 0 Å². The summed E-state index contributed by atoms with van der Waals surface area (Å²) in [5, 5.41) is 0. The van der Waals surface area contributed by atoms with Gasteiger partial charge < -0.3 is 0 Å². The van der Waals surface area contributed by atoms with Crippen molar-refractivity contribution in [2.45, 2.75) is 31.8 Å². The van der Waals surface area contributed by atoms with Crippen LogP contribution in [0.25, 0.3) is 0 Å². The van der Waals surface area contributed by atoms with E-state index in [1.54, 1.807) is 9.86 Å². The Kier molecular flexibility index (Phi) is 16.5. The Bertz CT molecular complexity index is 176. The van der Waals surface area contributed by atoms with Gasteiger partial charge in [0.1, 0.15) is 0 Å². The molecule has 13 heavy (non-hydrogen) atoms. The third kappa shape index (κ3) is 6.09. The van der Waals surface area contributed by atoms with Crippen LogP contribution in [0.5, 0.6) is 0 Å². The smallest absolute Gasteiger partial charge is 0.147 e. The minimum Gasteiger partial charge on any atom is -0.147 e. The summed E-state index contributed by atoms with van der Waals surface area (Å²) in [5.74, 6) is 0. The molecule has 0 amide bonds. The molecule has 0 heterocycles. The molecule has 0 aromatic heterocycles. The molecule has 0 spiro atoms. The van der Waals surface area contributed by atoms with E-state index in [0.717, 1.165) is 0 Å². The van der Waals surface area contributed by atoms with Crippen LogP contribution in [0.1, 0.15) is 26.2 Å². The summed E-state index contributed by atoms with van der Waals surface area (Å²) < 4.78 is 1.75. The molecule has 0 aromatic carbocycles. The van der Waals surface area contributed by atoms with Crippen molar-refractivity contribution in [3.8, 4) is 0 Å². The number of halogens is 3. The summed E-state index contributed by atoms with van der Waals surface area (Å²) in [6.45, 7) is 2.25. The van der Waals surface area contributed by atoms with Gasteiger partial charge in [-0.25, -0.2) is 0 Å². The molecule has 0 saturated heterocycles. The van der Waals surface area contributed by atoms with Gasteiger partial charge in [-0.3, -0.25) is 0 Å². The maximum Gasteiger partial charge on any atom is -0.147 e. The minimum atomic E-state index is 0. The zero-order valence-electron chi connectivity index (χ0n) is 7.95. The van der Waals surface area contributed by atoms with Crippen molar-refractivity contribution in [1.29, 1.82) is 0 Å². The number of rotatable bonds is 3. The number of hydrogen-bond acceptors (Lipinski definition) is 0. The van der Waals surface area contributed by atoms with E-state index in [1.807, 2.05) is 0 Å². The van der Waals surface area contributed by atoms with Gasteiger partial charge in [-0.1, -0.05) is 0 Å². The summed E-state index contributed by atoms with van der Waals surface area (Å²) in [6.07, 6.45) is 8.48. The second-order valence-electron chi connectivity index (χ2n) is 2.55. The Morgan fingerprint density at radius 1 is 1.31 bits per heavy atom. The first-order chi connectivity index (χ1) is 4.88. The SMILES string of the molecule is CCCC1=[C]([V][CH3])CC=C1.Cl.Cl.Cl. The van der Waals surface area contributed by atoms with E-state index in [9.17, 15) is 0 Å². The van der Waals surface area contributed by atoms with Crippen LogP contribution in [-0.4, -0.2) is 0 Å². The molecule has 0 N–H and O–H groups in total. The summed E-state index contributed by atoms with van der Waals surface area (Å²) in [7, 11) is 0. The first-order valence-electron chi connectivity index (χ1n) is 3.87. The molecule has 0 atom stereocenters. The van der Waals surface area contributed by atoms with E-state index < -0.39 is 0 Å². The maximum absolute atomic E-state index is 2.34. The van der Waals surface area contributed by atoms with E-state index in [-0.39, 0.29) is 37.2 Å². The van der Waals surface area contributed by atoms with Crippen molar-refractivity contribution >= 4 is 37.2 Å². The summed E-state index contributed by atoms with van der Waals surface area (Å²) >= 11 is 0.497. The minimum absolute atomic E-state index is 0. The van der Waals surface area contributed by atoms with Crippen LogP contribution in [0.4, 0.5) is 0 Å². The van der Waals surface area contributed by atoms with Crippen LogP contribution < -0.4 is 0 Å². The van der Waals surface area contributed by atoms with E-state index >= 15 is 0 Å². The Labute approximate surface area is 107 Å². The van der Waals surface area contributed by atoms with Crippen molar-refractivity contribution in [2.75, 3.05) is 0 Å². The van der Waals surface area contributed by atoms with Crippen LogP contribution in [0.2, 0.25) is 5.64 Å². The van der Waals surface area contributed by atoms with Crippen LogP contribution in [-0.2, 0) is 16.3 Å². The molecule has 0 radical (unpaired) electrons. The van der Waals surface area contributed by atoms with Crippen LogP contribution in [0, 0.1) is 0 Å². The van der Waals surface area contributed by atoms with Crippen molar-refractivity contribution in [2.24, 2.45) is 0 Å². The van der Waals surface area contributed by atoms with Gasteiger partial charge in [-0.2, -0.15) is 0 Å². The average molecular weight is 283 g/mol. The van der Waals surface area contributed by atoms with E-state index in [2.05, 4.69) is 24.7 Å². The summed E-state index contributed by atoms with van der Waals surface area (Å²) in [6, 6.07) is 0. The predicted molar refractivity (Wildman–Crippen MR) is 63.3 cm³/mol. The molecule has 0 aliphatic heterocycles. The average Bonchev–Trinajstić information content (AvgIpc) is 2.36. The third-order valence-corrected chi connectivity index (χ3v) is 3.37. The first kappa shape index (κ1) is 19.5. The zero-order valence-corrected chi connectivity index (χ0v) is 11.8. The molecular weight excluding hydrogens is 265 g/mol. The van der Waals surface area contributed by atoms with Gasteiger partial charge in [0.2, 0.25) is 0 Å². The fourth-order valence-electron chi connectivity index (χ4n) is 1.27. The molecule has 0 unspecified atom stereocenters. The molecule has 0 saturated carbocycles. The summed E-state index contributed by atoms with van der Waals surface area (Å²) in [5.41, 5.74) is 3.99. The van der Waals surface area contributed by atoms with Gasteiger partial charge in [-0.15, -0.1) is 37.2 Å². The fourth-order valence-corrected chi connectivity index (χ4v) is 2.46. The second kappa shape index (κ2) is 11.0. The molecular formula is C9H17Cl3V. The molecule has 4 heteroatoms. The molecule has 0 fully saturated rings. The van der Waals surface area contributed by atoms with Gasteiger partial charge in [-0.05, 0) is 0 Å². The maximum atomic E-state index is 2.34. The van der Waals surface area contributed by atoms with Crippen molar-refractivity contribution in [3.63, 3.8) is 0 Å². The van der Waals surface area contributed by atoms with Gasteiger partial charge in [0, 0.05) is 0 Å². The Hall–Kier alpha value is 0.934. The van der Waals surface area contributed by atoms with Gasteiger partial charge >= 0.3 is 70.1 Å². The van der Waals surface area contributed by atoms with E-state index in [0.29, 0.717) is 16.3 Å². The molecule has 1 aliphatic rings. The molecule has 0 nitrogen and oxygen atoms in total. The quantitative estimate of drug-likeness (QED) is 0.720. The monoisotopic (exact) mass is 281 g/mol. The third-order valence-electron chi connectivity index (χ3n) is 1.79. The fraction of sp³-hybridized carbons (Fsp3) is 0.556. The van der Waals surface area contributed by atoms with E-state index in [1.165, 1.54) is 19.3 Å². The molecule has 79 valence electrons. The van der Waals surface area contributed by atoms with E-state index in [4.69, 9.17) is 0 Å². The topological polar surface area (TPSA) is 0 Å². The molecule has 0 aromatic rings. The van der Waals surface area contributed by atoms with Crippen molar-refractivity contribution in [1.82, 2.24) is 0 Å². The first-order valence-corrected chi connectivity index (χ1v) is 5.96. The molecule has 0 bridgehead atoms. The normalized spacial score (nSPS) is 12.8. The largest absolute Gasteiger partial charge is 0.147 e. The zero-order chi connectivity index (χ0) is 7.40. The van der Waals surface area contributed by atoms with Crippen molar-refractivity contribution in [3.05, 3.63) is 22.0 Å². The Balaban J connectivity index is -0.000000333. The molecule has 1 aliphatic carbocycles. The summed E-state index contributed by atoms with van der Waals surface area (Å²) in [4.78, 5) is 0. The number of allylic oxidation sites excluding steroid dienone is 4.